The minimum absolute atomic E-state index is 0.0484. The van der Waals surface area contributed by atoms with Crippen LogP contribution in [0.1, 0.15) is 22.8 Å². The van der Waals surface area contributed by atoms with Gasteiger partial charge in [0.05, 0.1) is 12.2 Å². The summed E-state index contributed by atoms with van der Waals surface area (Å²) in [5.41, 5.74) is 4.49. The number of aryl methyl sites for hydroxylation is 2. The van der Waals surface area contributed by atoms with Gasteiger partial charge < -0.3 is 10.1 Å². The number of anilines is 1. The van der Waals surface area contributed by atoms with E-state index in [1.165, 1.54) is 11.1 Å². The van der Waals surface area contributed by atoms with Crippen molar-refractivity contribution in [2.75, 3.05) is 11.9 Å². The highest BCUT2D eigenvalue weighted by Crippen LogP contribution is 2.38. The number of hydrogen-bond donors (Lipinski definition) is 1. The molecule has 1 aliphatic rings. The van der Waals surface area contributed by atoms with Gasteiger partial charge in [-0.25, -0.2) is 0 Å². The zero-order valence-corrected chi connectivity index (χ0v) is 11.8. The molecule has 2 aromatic rings. The van der Waals surface area contributed by atoms with E-state index in [1.807, 2.05) is 19.1 Å². The number of hydrogen-bond acceptors (Lipinski definition) is 2. The van der Waals surface area contributed by atoms with Crippen molar-refractivity contribution < 1.29 is 4.74 Å². The molecule has 0 amide bonds. The minimum Gasteiger partial charge on any atom is -0.481 e. The molecule has 19 heavy (non-hydrogen) atoms. The monoisotopic (exact) mass is 273 g/mol. The molecule has 1 heterocycles. The Morgan fingerprint density at radius 1 is 1.21 bits per heavy atom. The summed E-state index contributed by atoms with van der Waals surface area (Å²) in [6, 6.07) is 12.3. The van der Waals surface area contributed by atoms with Crippen LogP contribution < -0.4 is 10.1 Å². The molecular formula is C16H16ClNO. The van der Waals surface area contributed by atoms with Crippen LogP contribution in [0, 0.1) is 13.8 Å². The lowest BCUT2D eigenvalue weighted by molar-refractivity contribution is 0.209. The van der Waals surface area contributed by atoms with Gasteiger partial charge in [-0.2, -0.15) is 0 Å². The highest BCUT2D eigenvalue weighted by molar-refractivity contribution is 6.31. The van der Waals surface area contributed by atoms with Crippen molar-refractivity contribution in [3.05, 3.63) is 58.1 Å². The van der Waals surface area contributed by atoms with E-state index < -0.39 is 0 Å². The lowest BCUT2D eigenvalue weighted by atomic mass is 10.0. The highest BCUT2D eigenvalue weighted by Gasteiger charge is 2.22. The topological polar surface area (TPSA) is 21.3 Å². The quantitative estimate of drug-likeness (QED) is 0.826. The van der Waals surface area contributed by atoms with Crippen molar-refractivity contribution in [3.8, 4) is 5.75 Å². The van der Waals surface area contributed by atoms with Crippen molar-refractivity contribution in [1.82, 2.24) is 0 Å². The standard InChI is InChI=1S/C16H16ClNO/c1-10-4-3-5-12(6-10)15-9-18-14-8-13(17)7-11(2)16(14)19-15/h3-8,15,18H,9H2,1-2H3. The summed E-state index contributed by atoms with van der Waals surface area (Å²) in [5.74, 6) is 0.905. The van der Waals surface area contributed by atoms with Gasteiger partial charge in [-0.05, 0) is 37.1 Å². The second kappa shape index (κ2) is 4.78. The first-order valence-corrected chi connectivity index (χ1v) is 6.78. The Bertz CT molecular complexity index is 624. The van der Waals surface area contributed by atoms with Crippen LogP contribution in [0.2, 0.25) is 5.02 Å². The molecule has 2 nitrogen and oxygen atoms in total. The summed E-state index contributed by atoms with van der Waals surface area (Å²) >= 11 is 6.06. The fraction of sp³-hybridized carbons (Fsp3) is 0.250. The van der Waals surface area contributed by atoms with Gasteiger partial charge in [0.1, 0.15) is 11.9 Å². The summed E-state index contributed by atoms with van der Waals surface area (Å²) in [6.45, 7) is 4.87. The number of halogens is 1. The van der Waals surface area contributed by atoms with Crippen LogP contribution in [0.4, 0.5) is 5.69 Å². The van der Waals surface area contributed by atoms with Crippen LogP contribution in [-0.4, -0.2) is 6.54 Å². The number of ether oxygens (including phenoxy) is 1. The molecule has 0 aromatic heterocycles. The van der Waals surface area contributed by atoms with E-state index in [4.69, 9.17) is 16.3 Å². The Balaban J connectivity index is 1.94. The van der Waals surface area contributed by atoms with Gasteiger partial charge in [0.2, 0.25) is 0 Å². The van der Waals surface area contributed by atoms with Gasteiger partial charge >= 0.3 is 0 Å². The highest BCUT2D eigenvalue weighted by atomic mass is 35.5. The number of benzene rings is 2. The Labute approximate surface area is 118 Å². The van der Waals surface area contributed by atoms with Crippen LogP contribution in [0.3, 0.4) is 0 Å². The van der Waals surface area contributed by atoms with Gasteiger partial charge in [-0.3, -0.25) is 0 Å². The third-order valence-electron chi connectivity index (χ3n) is 3.39. The zero-order chi connectivity index (χ0) is 13.4. The average Bonchev–Trinajstić information content (AvgIpc) is 2.38. The van der Waals surface area contributed by atoms with Crippen molar-refractivity contribution >= 4 is 17.3 Å². The molecule has 0 saturated carbocycles. The van der Waals surface area contributed by atoms with E-state index in [0.717, 1.165) is 28.6 Å². The number of rotatable bonds is 1. The molecule has 3 heteroatoms. The maximum absolute atomic E-state index is 6.14. The predicted octanol–water partition coefficient (Wildman–Crippen LogP) is 4.50. The van der Waals surface area contributed by atoms with Crippen molar-refractivity contribution in [2.45, 2.75) is 20.0 Å². The molecule has 98 valence electrons. The Hall–Kier alpha value is -1.67. The molecule has 2 aromatic carbocycles. The Morgan fingerprint density at radius 3 is 2.84 bits per heavy atom. The van der Waals surface area contributed by atoms with Crippen LogP contribution in [0.25, 0.3) is 0 Å². The number of fused-ring (bicyclic) bond motifs is 1. The van der Waals surface area contributed by atoms with Crippen LogP contribution in [0.15, 0.2) is 36.4 Å². The molecule has 0 fully saturated rings. The predicted molar refractivity (Wildman–Crippen MR) is 79.2 cm³/mol. The summed E-state index contributed by atoms with van der Waals surface area (Å²) in [5, 5.41) is 4.14. The third-order valence-corrected chi connectivity index (χ3v) is 3.61. The fourth-order valence-electron chi connectivity index (χ4n) is 2.46. The Morgan fingerprint density at radius 2 is 2.05 bits per heavy atom. The molecule has 3 rings (SSSR count). The van der Waals surface area contributed by atoms with Gasteiger partial charge in [0.25, 0.3) is 0 Å². The lowest BCUT2D eigenvalue weighted by Crippen LogP contribution is -2.24. The van der Waals surface area contributed by atoms with Crippen LogP contribution in [0.5, 0.6) is 5.75 Å². The van der Waals surface area contributed by atoms with E-state index in [-0.39, 0.29) is 6.10 Å². The summed E-state index contributed by atoms with van der Waals surface area (Å²) in [4.78, 5) is 0. The van der Waals surface area contributed by atoms with Crippen molar-refractivity contribution in [1.29, 1.82) is 0 Å². The molecule has 0 aliphatic carbocycles. The first-order valence-electron chi connectivity index (χ1n) is 6.41. The molecule has 1 N–H and O–H groups in total. The van der Waals surface area contributed by atoms with Crippen molar-refractivity contribution in [2.24, 2.45) is 0 Å². The fourth-order valence-corrected chi connectivity index (χ4v) is 2.73. The maximum atomic E-state index is 6.14. The molecule has 1 unspecified atom stereocenters. The maximum Gasteiger partial charge on any atom is 0.146 e. The van der Waals surface area contributed by atoms with E-state index in [9.17, 15) is 0 Å². The van der Waals surface area contributed by atoms with E-state index in [1.54, 1.807) is 0 Å². The van der Waals surface area contributed by atoms with Gasteiger partial charge in [0, 0.05) is 5.02 Å². The molecule has 0 spiro atoms. The molecule has 0 bridgehead atoms. The SMILES string of the molecule is Cc1cccc(C2CNc3cc(Cl)cc(C)c3O2)c1. The normalized spacial score (nSPS) is 17.3. The third kappa shape index (κ3) is 2.41. The van der Waals surface area contributed by atoms with Crippen LogP contribution >= 0.6 is 11.6 Å². The Kier molecular flexibility index (Phi) is 3.11. The van der Waals surface area contributed by atoms with Gasteiger partial charge in [0.15, 0.2) is 0 Å². The second-order valence-corrected chi connectivity index (χ2v) is 5.44. The number of nitrogens with one attached hydrogen (secondary N) is 1. The van der Waals surface area contributed by atoms with E-state index >= 15 is 0 Å². The molecule has 0 radical (unpaired) electrons. The van der Waals surface area contributed by atoms with E-state index in [0.29, 0.717) is 0 Å². The first-order chi connectivity index (χ1) is 9.13. The zero-order valence-electron chi connectivity index (χ0n) is 11.0. The summed E-state index contributed by atoms with van der Waals surface area (Å²) < 4.78 is 6.14. The largest absolute Gasteiger partial charge is 0.481 e. The smallest absolute Gasteiger partial charge is 0.146 e. The average molecular weight is 274 g/mol. The lowest BCUT2D eigenvalue weighted by Gasteiger charge is -2.29. The van der Waals surface area contributed by atoms with E-state index in [2.05, 4.69) is 36.5 Å². The van der Waals surface area contributed by atoms with Gasteiger partial charge in [-0.15, -0.1) is 0 Å². The van der Waals surface area contributed by atoms with Crippen molar-refractivity contribution in [3.63, 3.8) is 0 Å². The summed E-state index contributed by atoms with van der Waals surface area (Å²) in [7, 11) is 0. The molecule has 1 aliphatic heterocycles. The summed E-state index contributed by atoms with van der Waals surface area (Å²) in [6.07, 6.45) is 0.0484. The first kappa shape index (κ1) is 12.4. The van der Waals surface area contributed by atoms with Gasteiger partial charge in [-0.1, -0.05) is 41.4 Å². The molecule has 1 atom stereocenters. The molecule has 0 saturated heterocycles. The minimum atomic E-state index is 0.0484. The second-order valence-electron chi connectivity index (χ2n) is 5.00. The molecular weight excluding hydrogens is 258 g/mol. The van der Waals surface area contributed by atoms with Crippen LogP contribution in [-0.2, 0) is 0 Å².